The maximum atomic E-state index is 5.87. The first-order valence-corrected chi connectivity index (χ1v) is 14.7. The average molecular weight is 473 g/mol. The van der Waals surface area contributed by atoms with E-state index in [1.54, 1.807) is 5.56 Å². The van der Waals surface area contributed by atoms with Gasteiger partial charge in [0.1, 0.15) is 12.4 Å². The first-order chi connectivity index (χ1) is 17.2. The Hall–Kier alpha value is -2.02. The normalized spacial score (nSPS) is 23.7. The van der Waals surface area contributed by atoms with Crippen LogP contribution in [0.15, 0.2) is 60.7 Å². The lowest BCUT2D eigenvalue weighted by Crippen LogP contribution is -2.44. The van der Waals surface area contributed by atoms with E-state index in [0.29, 0.717) is 17.4 Å². The lowest BCUT2D eigenvalue weighted by molar-refractivity contribution is 0.0304. The minimum absolute atomic E-state index is 0.449. The predicted octanol–water partition coefficient (Wildman–Crippen LogP) is 10.4. The third-order valence-corrected chi connectivity index (χ3v) is 9.13. The topological polar surface area (TPSA) is 9.23 Å². The van der Waals surface area contributed by atoms with Gasteiger partial charge in [-0.15, -0.1) is 0 Å². The van der Waals surface area contributed by atoms with E-state index in [0.717, 1.165) is 12.2 Å². The molecule has 190 valence electrons. The van der Waals surface area contributed by atoms with Gasteiger partial charge in [-0.05, 0) is 91.0 Å². The Labute approximate surface area is 215 Å². The summed E-state index contributed by atoms with van der Waals surface area (Å²) in [7, 11) is 0. The van der Waals surface area contributed by atoms with Crippen LogP contribution in [0.2, 0.25) is 0 Å². The van der Waals surface area contributed by atoms with Crippen molar-refractivity contribution < 1.29 is 4.74 Å². The lowest BCUT2D eigenvalue weighted by atomic mass is 9.51. The number of ether oxygens (including phenoxy) is 1. The maximum Gasteiger partial charge on any atom is 0.119 e. The largest absolute Gasteiger partial charge is 0.490 e. The van der Waals surface area contributed by atoms with E-state index in [4.69, 9.17) is 4.74 Å². The summed E-state index contributed by atoms with van der Waals surface area (Å²) in [6.07, 6.45) is 25.2. The molecule has 3 fully saturated rings. The molecule has 3 saturated carbocycles. The Kier molecular flexibility index (Phi) is 9.52. The van der Waals surface area contributed by atoms with Crippen molar-refractivity contribution in [2.24, 2.45) is 5.41 Å². The summed E-state index contributed by atoms with van der Waals surface area (Å²) in [6.45, 7) is 5.19. The molecule has 3 aliphatic carbocycles. The zero-order valence-corrected chi connectivity index (χ0v) is 22.5. The molecule has 0 aromatic heterocycles. The summed E-state index contributed by atoms with van der Waals surface area (Å²) in [5.74, 6) is 0.947. The Morgan fingerprint density at radius 3 is 1.89 bits per heavy atom. The molecular formula is C34H48O. The molecule has 2 aromatic carbocycles. The second-order valence-corrected chi connectivity index (χ2v) is 11.5. The van der Waals surface area contributed by atoms with Gasteiger partial charge in [0.2, 0.25) is 0 Å². The van der Waals surface area contributed by atoms with E-state index in [-0.39, 0.29) is 0 Å². The van der Waals surface area contributed by atoms with E-state index in [9.17, 15) is 0 Å². The molecule has 1 nitrogen and oxygen atoms in total. The quantitative estimate of drug-likeness (QED) is 0.196. The highest BCUT2D eigenvalue weighted by molar-refractivity contribution is 5.64. The molecule has 0 radical (unpaired) electrons. The minimum atomic E-state index is 0.449. The van der Waals surface area contributed by atoms with Crippen LogP contribution in [-0.4, -0.2) is 6.61 Å². The second-order valence-electron chi connectivity index (χ2n) is 11.5. The molecule has 5 rings (SSSR count). The van der Waals surface area contributed by atoms with E-state index in [1.165, 1.54) is 101 Å². The fourth-order valence-corrected chi connectivity index (χ4v) is 6.59. The van der Waals surface area contributed by atoms with Gasteiger partial charge in [-0.1, -0.05) is 107 Å². The van der Waals surface area contributed by atoms with E-state index in [1.807, 2.05) is 0 Å². The van der Waals surface area contributed by atoms with Crippen LogP contribution in [0, 0.1) is 5.41 Å². The van der Waals surface area contributed by atoms with Crippen LogP contribution in [-0.2, 0) is 5.41 Å². The molecule has 0 unspecified atom stereocenters. The third kappa shape index (κ3) is 6.81. The smallest absolute Gasteiger partial charge is 0.119 e. The number of fused-ring (bicyclic) bond motifs is 3. The number of rotatable bonds is 14. The molecule has 0 N–H and O–H groups in total. The molecule has 3 aliphatic rings. The number of hydrogen-bond acceptors (Lipinski definition) is 1. The maximum absolute atomic E-state index is 5.87. The molecule has 2 bridgehead atoms. The van der Waals surface area contributed by atoms with Gasteiger partial charge in [0.05, 0.1) is 0 Å². The number of allylic oxidation sites excluding steroid dienone is 1. The van der Waals surface area contributed by atoms with Crippen LogP contribution in [0.3, 0.4) is 0 Å². The standard InChI is InChI=1S/C34H48O/c1-3-5-7-9-11-21-33-22-25-34(26-23-33,27-24-33)31-17-13-29(14-18-31)30-15-19-32(20-16-30)35-28-12-10-8-6-4-2/h10,12-20H,3-9,11,21-28H2,1-2H3/b12-10+. The van der Waals surface area contributed by atoms with Crippen LogP contribution in [0.1, 0.15) is 116 Å². The predicted molar refractivity (Wildman–Crippen MR) is 151 cm³/mol. The van der Waals surface area contributed by atoms with Crippen LogP contribution in [0.4, 0.5) is 0 Å². The molecular weight excluding hydrogens is 424 g/mol. The molecule has 0 atom stereocenters. The van der Waals surface area contributed by atoms with Gasteiger partial charge in [0.15, 0.2) is 0 Å². The van der Waals surface area contributed by atoms with Crippen molar-refractivity contribution in [2.75, 3.05) is 6.61 Å². The minimum Gasteiger partial charge on any atom is -0.490 e. The van der Waals surface area contributed by atoms with Crippen LogP contribution >= 0.6 is 0 Å². The molecule has 0 spiro atoms. The van der Waals surface area contributed by atoms with E-state index >= 15 is 0 Å². The van der Waals surface area contributed by atoms with Crippen molar-refractivity contribution in [3.63, 3.8) is 0 Å². The Balaban J connectivity index is 1.28. The van der Waals surface area contributed by atoms with E-state index < -0.39 is 0 Å². The average Bonchev–Trinajstić information content (AvgIpc) is 2.92. The Morgan fingerprint density at radius 1 is 0.657 bits per heavy atom. The second kappa shape index (κ2) is 12.8. The Morgan fingerprint density at radius 2 is 1.26 bits per heavy atom. The number of benzene rings is 2. The van der Waals surface area contributed by atoms with Gasteiger partial charge < -0.3 is 4.74 Å². The summed E-state index contributed by atoms with van der Waals surface area (Å²) in [5, 5.41) is 0. The zero-order chi connectivity index (χ0) is 24.4. The highest BCUT2D eigenvalue weighted by atomic mass is 16.5. The van der Waals surface area contributed by atoms with Crippen LogP contribution in [0.25, 0.3) is 11.1 Å². The van der Waals surface area contributed by atoms with Crippen LogP contribution in [0.5, 0.6) is 5.75 Å². The van der Waals surface area contributed by atoms with Crippen molar-refractivity contribution in [1.29, 1.82) is 0 Å². The highest BCUT2D eigenvalue weighted by Gasteiger charge is 2.48. The number of unbranched alkanes of at least 4 members (excludes halogenated alkanes) is 6. The Bertz CT molecular complexity index is 880. The summed E-state index contributed by atoms with van der Waals surface area (Å²) in [4.78, 5) is 0. The summed E-state index contributed by atoms with van der Waals surface area (Å²) >= 11 is 0. The summed E-state index contributed by atoms with van der Waals surface area (Å²) < 4.78 is 5.87. The van der Waals surface area contributed by atoms with Crippen molar-refractivity contribution in [3.05, 3.63) is 66.2 Å². The monoisotopic (exact) mass is 472 g/mol. The molecule has 35 heavy (non-hydrogen) atoms. The molecule has 0 heterocycles. The third-order valence-electron chi connectivity index (χ3n) is 9.13. The molecule has 2 aromatic rings. The van der Waals surface area contributed by atoms with Gasteiger partial charge in [0, 0.05) is 0 Å². The summed E-state index contributed by atoms with van der Waals surface area (Å²) in [5.41, 5.74) is 5.30. The van der Waals surface area contributed by atoms with E-state index in [2.05, 4.69) is 74.5 Å². The van der Waals surface area contributed by atoms with Crippen molar-refractivity contribution >= 4 is 0 Å². The number of hydrogen-bond donors (Lipinski definition) is 0. The first kappa shape index (κ1) is 26.1. The van der Waals surface area contributed by atoms with Crippen molar-refractivity contribution in [1.82, 2.24) is 0 Å². The molecule has 1 heteroatoms. The lowest BCUT2D eigenvalue weighted by Gasteiger charge is -2.54. The SMILES string of the molecule is CCCC/C=C/COc1ccc(-c2ccc(C34CCC(CCCCCCC)(CC3)CC4)cc2)cc1. The fourth-order valence-electron chi connectivity index (χ4n) is 6.59. The van der Waals surface area contributed by atoms with Crippen LogP contribution < -0.4 is 4.74 Å². The van der Waals surface area contributed by atoms with Gasteiger partial charge in [-0.25, -0.2) is 0 Å². The van der Waals surface area contributed by atoms with Gasteiger partial charge in [0.25, 0.3) is 0 Å². The van der Waals surface area contributed by atoms with Gasteiger partial charge >= 0.3 is 0 Å². The first-order valence-electron chi connectivity index (χ1n) is 14.7. The van der Waals surface area contributed by atoms with Gasteiger partial charge in [-0.2, -0.15) is 0 Å². The fraction of sp³-hybridized carbons (Fsp3) is 0.588. The zero-order valence-electron chi connectivity index (χ0n) is 22.5. The summed E-state index contributed by atoms with van der Waals surface area (Å²) in [6, 6.07) is 18.2. The molecule has 0 saturated heterocycles. The highest BCUT2D eigenvalue weighted by Crippen LogP contribution is 2.59. The molecule has 0 aliphatic heterocycles. The van der Waals surface area contributed by atoms with Crippen molar-refractivity contribution in [2.45, 2.75) is 116 Å². The van der Waals surface area contributed by atoms with Crippen molar-refractivity contribution in [3.8, 4) is 16.9 Å². The van der Waals surface area contributed by atoms with Gasteiger partial charge in [-0.3, -0.25) is 0 Å². The molecule has 0 amide bonds.